The van der Waals surface area contributed by atoms with Gasteiger partial charge in [0.05, 0.1) is 0 Å². The Bertz CT molecular complexity index is 416. The lowest BCUT2D eigenvalue weighted by Gasteiger charge is -2.39. The highest BCUT2D eigenvalue weighted by Gasteiger charge is 2.32. The second-order valence-electron chi connectivity index (χ2n) is 4.93. The second kappa shape index (κ2) is 5.40. The topological polar surface area (TPSA) is 52.6 Å². The summed E-state index contributed by atoms with van der Waals surface area (Å²) in [5.74, 6) is 0.00313. The van der Waals surface area contributed by atoms with E-state index in [0.717, 1.165) is 12.2 Å². The zero-order valence-electron chi connectivity index (χ0n) is 10.9. The number of nitrogens with zero attached hydrogens (tertiary/aromatic N) is 1. The van der Waals surface area contributed by atoms with E-state index in [4.69, 9.17) is 5.11 Å². The third-order valence-corrected chi connectivity index (χ3v) is 3.31. The molecule has 1 aliphatic heterocycles. The van der Waals surface area contributed by atoms with Gasteiger partial charge in [0, 0.05) is 24.9 Å². The first-order valence-corrected chi connectivity index (χ1v) is 6.36. The maximum Gasteiger partial charge on any atom is 0.243 e. The third kappa shape index (κ3) is 2.64. The number of carbonyl (C=O) groups excluding carboxylic acids is 1. The SMILES string of the molecule is Cc1ccc(N2CC(C)NC(=O)C2CCO)cc1. The van der Waals surface area contributed by atoms with Crippen molar-refractivity contribution in [1.29, 1.82) is 0 Å². The fourth-order valence-electron chi connectivity index (χ4n) is 2.38. The highest BCUT2D eigenvalue weighted by atomic mass is 16.3. The van der Waals surface area contributed by atoms with Crippen LogP contribution in [0.4, 0.5) is 5.69 Å². The van der Waals surface area contributed by atoms with Crippen molar-refractivity contribution >= 4 is 11.6 Å². The Hall–Kier alpha value is -1.55. The van der Waals surface area contributed by atoms with Crippen molar-refractivity contribution in [3.8, 4) is 0 Å². The van der Waals surface area contributed by atoms with E-state index in [1.807, 2.05) is 38.1 Å². The first-order valence-electron chi connectivity index (χ1n) is 6.36. The monoisotopic (exact) mass is 248 g/mol. The first-order chi connectivity index (χ1) is 8.61. The molecule has 0 saturated carbocycles. The number of anilines is 1. The molecule has 0 radical (unpaired) electrons. The Labute approximate surface area is 108 Å². The maximum atomic E-state index is 12.0. The highest BCUT2D eigenvalue weighted by Crippen LogP contribution is 2.22. The van der Waals surface area contributed by atoms with Crippen LogP contribution in [0.1, 0.15) is 18.9 Å². The highest BCUT2D eigenvalue weighted by molar-refractivity contribution is 5.87. The number of carbonyl (C=O) groups is 1. The molecule has 2 unspecified atom stereocenters. The fourth-order valence-corrected chi connectivity index (χ4v) is 2.38. The van der Waals surface area contributed by atoms with Crippen LogP contribution in [0.5, 0.6) is 0 Å². The molecule has 1 amide bonds. The van der Waals surface area contributed by atoms with Crippen LogP contribution in [-0.2, 0) is 4.79 Å². The van der Waals surface area contributed by atoms with Gasteiger partial charge in [-0.3, -0.25) is 4.79 Å². The molecule has 98 valence electrons. The van der Waals surface area contributed by atoms with Crippen LogP contribution in [0.25, 0.3) is 0 Å². The lowest BCUT2D eigenvalue weighted by Crippen LogP contribution is -2.59. The van der Waals surface area contributed by atoms with Gasteiger partial charge < -0.3 is 15.3 Å². The van der Waals surface area contributed by atoms with Crippen LogP contribution in [0, 0.1) is 6.92 Å². The smallest absolute Gasteiger partial charge is 0.243 e. The fraction of sp³-hybridized carbons (Fsp3) is 0.500. The summed E-state index contributed by atoms with van der Waals surface area (Å²) in [4.78, 5) is 14.1. The van der Waals surface area contributed by atoms with E-state index in [1.54, 1.807) is 0 Å². The van der Waals surface area contributed by atoms with Crippen LogP contribution in [0.2, 0.25) is 0 Å². The number of rotatable bonds is 3. The van der Waals surface area contributed by atoms with Gasteiger partial charge in [-0.15, -0.1) is 0 Å². The molecule has 1 aromatic rings. The molecule has 2 atom stereocenters. The molecule has 1 saturated heterocycles. The van der Waals surface area contributed by atoms with Gasteiger partial charge in [-0.1, -0.05) is 17.7 Å². The molecule has 0 bridgehead atoms. The van der Waals surface area contributed by atoms with Crippen molar-refractivity contribution in [1.82, 2.24) is 5.32 Å². The summed E-state index contributed by atoms with van der Waals surface area (Å²) in [6, 6.07) is 8.02. The average molecular weight is 248 g/mol. The third-order valence-electron chi connectivity index (χ3n) is 3.31. The van der Waals surface area contributed by atoms with E-state index < -0.39 is 0 Å². The van der Waals surface area contributed by atoms with Crippen molar-refractivity contribution in [2.45, 2.75) is 32.4 Å². The van der Waals surface area contributed by atoms with Crippen LogP contribution >= 0.6 is 0 Å². The molecule has 18 heavy (non-hydrogen) atoms. The van der Waals surface area contributed by atoms with Gasteiger partial charge in [-0.2, -0.15) is 0 Å². The number of aliphatic hydroxyl groups excluding tert-OH is 1. The summed E-state index contributed by atoms with van der Waals surface area (Å²) < 4.78 is 0. The summed E-state index contributed by atoms with van der Waals surface area (Å²) >= 11 is 0. The van der Waals surface area contributed by atoms with Gasteiger partial charge in [0.2, 0.25) is 5.91 Å². The minimum Gasteiger partial charge on any atom is -0.396 e. The molecule has 0 aliphatic carbocycles. The number of hydrogen-bond donors (Lipinski definition) is 2. The maximum absolute atomic E-state index is 12.0. The van der Waals surface area contributed by atoms with Gasteiger partial charge >= 0.3 is 0 Å². The van der Waals surface area contributed by atoms with E-state index in [9.17, 15) is 4.79 Å². The summed E-state index contributed by atoms with van der Waals surface area (Å²) in [5, 5.41) is 12.0. The van der Waals surface area contributed by atoms with Crippen LogP contribution in [0.3, 0.4) is 0 Å². The molecule has 0 spiro atoms. The Morgan fingerprint density at radius 2 is 2.06 bits per heavy atom. The van der Waals surface area contributed by atoms with Crippen molar-refractivity contribution < 1.29 is 9.90 Å². The zero-order chi connectivity index (χ0) is 13.1. The molecule has 2 rings (SSSR count). The van der Waals surface area contributed by atoms with Crippen molar-refractivity contribution in [3.63, 3.8) is 0 Å². The van der Waals surface area contributed by atoms with Gasteiger partial charge in [-0.05, 0) is 32.4 Å². The molecule has 4 heteroatoms. The standard InChI is InChI=1S/C14H20N2O2/c1-10-3-5-12(6-4-10)16-9-11(2)15-14(18)13(16)7-8-17/h3-6,11,13,17H,7-9H2,1-2H3,(H,15,18). The Morgan fingerprint density at radius 3 is 2.67 bits per heavy atom. The Kier molecular flexibility index (Phi) is 3.87. The van der Waals surface area contributed by atoms with Gasteiger partial charge in [-0.25, -0.2) is 0 Å². The average Bonchev–Trinajstić information content (AvgIpc) is 2.33. The minimum absolute atomic E-state index is 0.00313. The Morgan fingerprint density at radius 1 is 1.39 bits per heavy atom. The first kappa shape index (κ1) is 12.9. The normalized spacial score (nSPS) is 23.9. The summed E-state index contributed by atoms with van der Waals surface area (Å²) in [7, 11) is 0. The largest absolute Gasteiger partial charge is 0.396 e. The van der Waals surface area contributed by atoms with Gasteiger partial charge in [0.1, 0.15) is 6.04 Å². The number of nitrogens with one attached hydrogen (secondary N) is 1. The van der Waals surface area contributed by atoms with Crippen molar-refractivity contribution in [3.05, 3.63) is 29.8 Å². The number of hydrogen-bond acceptors (Lipinski definition) is 3. The van der Waals surface area contributed by atoms with Gasteiger partial charge in [0.15, 0.2) is 0 Å². The van der Waals surface area contributed by atoms with Crippen molar-refractivity contribution in [2.75, 3.05) is 18.1 Å². The minimum atomic E-state index is -0.270. The van der Waals surface area contributed by atoms with Crippen LogP contribution in [0.15, 0.2) is 24.3 Å². The molecule has 0 aromatic heterocycles. The predicted octanol–water partition coefficient (Wildman–Crippen LogP) is 1.07. The van der Waals surface area contributed by atoms with Crippen LogP contribution < -0.4 is 10.2 Å². The number of aliphatic hydroxyl groups is 1. The van der Waals surface area contributed by atoms with E-state index in [1.165, 1.54) is 5.56 Å². The quantitative estimate of drug-likeness (QED) is 0.841. The van der Waals surface area contributed by atoms with E-state index >= 15 is 0 Å². The van der Waals surface area contributed by atoms with E-state index in [2.05, 4.69) is 10.2 Å². The number of amides is 1. The number of aryl methyl sites for hydroxylation is 1. The van der Waals surface area contributed by atoms with Crippen molar-refractivity contribution in [2.24, 2.45) is 0 Å². The molecule has 1 fully saturated rings. The van der Waals surface area contributed by atoms with Gasteiger partial charge in [0.25, 0.3) is 0 Å². The molecule has 1 aliphatic rings. The molecular weight excluding hydrogens is 228 g/mol. The molecule has 1 aromatic carbocycles. The Balaban J connectivity index is 2.25. The second-order valence-corrected chi connectivity index (χ2v) is 4.93. The lowest BCUT2D eigenvalue weighted by molar-refractivity contribution is -0.124. The predicted molar refractivity (Wildman–Crippen MR) is 71.6 cm³/mol. The lowest BCUT2D eigenvalue weighted by atomic mass is 10.0. The van der Waals surface area contributed by atoms with E-state index in [0.29, 0.717) is 6.42 Å². The molecule has 4 nitrogen and oxygen atoms in total. The number of piperazine rings is 1. The summed E-state index contributed by atoms with van der Waals surface area (Å²) in [6.07, 6.45) is 0.465. The van der Waals surface area contributed by atoms with E-state index in [-0.39, 0.29) is 24.6 Å². The zero-order valence-corrected chi connectivity index (χ0v) is 10.9. The summed E-state index contributed by atoms with van der Waals surface area (Å²) in [6.45, 7) is 4.84. The summed E-state index contributed by atoms with van der Waals surface area (Å²) in [5.41, 5.74) is 2.24. The molecular formula is C14H20N2O2. The van der Waals surface area contributed by atoms with Crippen LogP contribution in [-0.4, -0.2) is 36.2 Å². The molecule has 2 N–H and O–H groups in total. The number of benzene rings is 1. The molecule has 1 heterocycles.